The molecule has 0 saturated heterocycles. The molecule has 10 heteroatoms. The molecule has 2 heterocycles. The van der Waals surface area contributed by atoms with Crippen LogP contribution in [0.3, 0.4) is 0 Å². The van der Waals surface area contributed by atoms with Crippen molar-refractivity contribution in [1.82, 2.24) is 10.3 Å². The van der Waals surface area contributed by atoms with Crippen LogP contribution in [-0.2, 0) is 11.3 Å². The Morgan fingerprint density at radius 2 is 2.28 bits per heavy atom. The third-order valence-electron chi connectivity index (χ3n) is 3.79. The van der Waals surface area contributed by atoms with Gasteiger partial charge in [0.2, 0.25) is 0 Å². The fraction of sp³-hybridized carbons (Fsp3) is 0.263. The summed E-state index contributed by atoms with van der Waals surface area (Å²) in [4.78, 5) is 28.0. The highest BCUT2D eigenvalue weighted by Gasteiger charge is 2.19. The Kier molecular flexibility index (Phi) is 7.39. The van der Waals surface area contributed by atoms with Gasteiger partial charge in [0, 0.05) is 35.9 Å². The standard InChI is InChI=1S/C19H19N3O5S2/c1-13-12-28-19(21-13)29-17-6-5-14(10-16(17)22(24)25)18(23)20-7-3-8-26-11-15-4-2-9-27-15/h2,4-6,9-10,12H,3,7-8,11H2,1H3,(H,20,23). The van der Waals surface area contributed by atoms with Gasteiger partial charge in [-0.25, -0.2) is 4.98 Å². The van der Waals surface area contributed by atoms with Gasteiger partial charge in [0.05, 0.1) is 16.1 Å². The Morgan fingerprint density at radius 1 is 1.41 bits per heavy atom. The van der Waals surface area contributed by atoms with Crippen molar-refractivity contribution in [2.45, 2.75) is 29.2 Å². The van der Waals surface area contributed by atoms with E-state index in [2.05, 4.69) is 10.3 Å². The number of nitrogens with zero attached hydrogens (tertiary/aromatic N) is 2. The second-order valence-corrected chi connectivity index (χ2v) is 8.19. The lowest BCUT2D eigenvalue weighted by atomic mass is 10.2. The molecule has 0 atom stereocenters. The molecular formula is C19H19N3O5S2. The van der Waals surface area contributed by atoms with E-state index in [4.69, 9.17) is 9.15 Å². The number of hydrogen-bond donors (Lipinski definition) is 1. The number of carbonyl (C=O) groups excluding carboxylic acids is 1. The minimum atomic E-state index is -0.484. The Hall–Kier alpha value is -2.69. The Labute approximate surface area is 175 Å². The van der Waals surface area contributed by atoms with Gasteiger partial charge >= 0.3 is 0 Å². The first kappa shape index (κ1) is 21.0. The summed E-state index contributed by atoms with van der Waals surface area (Å²) in [6.45, 7) is 3.11. The molecule has 0 bridgehead atoms. The lowest BCUT2D eigenvalue weighted by Crippen LogP contribution is -2.25. The number of ether oxygens (including phenoxy) is 1. The summed E-state index contributed by atoms with van der Waals surface area (Å²) < 4.78 is 11.3. The summed E-state index contributed by atoms with van der Waals surface area (Å²) in [6.07, 6.45) is 2.20. The molecule has 0 saturated carbocycles. The van der Waals surface area contributed by atoms with Gasteiger partial charge in [0.1, 0.15) is 12.4 Å². The van der Waals surface area contributed by atoms with E-state index >= 15 is 0 Å². The Morgan fingerprint density at radius 3 is 2.97 bits per heavy atom. The number of nitrogens with one attached hydrogen (secondary N) is 1. The van der Waals surface area contributed by atoms with Crippen molar-refractivity contribution in [3.63, 3.8) is 0 Å². The SMILES string of the molecule is Cc1csc(Sc2ccc(C(=O)NCCCOCc3ccco3)cc2[N+](=O)[O-])n1. The molecule has 0 unspecified atom stereocenters. The molecule has 0 aliphatic heterocycles. The number of benzene rings is 1. The maximum atomic E-state index is 12.3. The predicted octanol–water partition coefficient (Wildman–Crippen LogP) is 4.44. The number of aryl methyl sites for hydroxylation is 1. The number of hydrogen-bond acceptors (Lipinski definition) is 8. The molecule has 0 aliphatic carbocycles. The van der Waals surface area contributed by atoms with Crippen LogP contribution < -0.4 is 5.32 Å². The molecule has 0 fully saturated rings. The largest absolute Gasteiger partial charge is 0.467 e. The predicted molar refractivity (Wildman–Crippen MR) is 109 cm³/mol. The lowest BCUT2D eigenvalue weighted by Gasteiger charge is -2.07. The van der Waals surface area contributed by atoms with E-state index in [1.807, 2.05) is 18.4 Å². The third kappa shape index (κ3) is 6.14. The molecule has 3 aromatic rings. The molecule has 29 heavy (non-hydrogen) atoms. The van der Waals surface area contributed by atoms with E-state index in [9.17, 15) is 14.9 Å². The van der Waals surface area contributed by atoms with Crippen molar-refractivity contribution in [2.24, 2.45) is 0 Å². The van der Waals surface area contributed by atoms with E-state index < -0.39 is 4.92 Å². The van der Waals surface area contributed by atoms with Crippen LogP contribution in [-0.4, -0.2) is 29.0 Å². The summed E-state index contributed by atoms with van der Waals surface area (Å²) in [5, 5.41) is 16.1. The summed E-state index contributed by atoms with van der Waals surface area (Å²) in [5.41, 5.74) is 0.995. The third-order valence-corrected chi connectivity index (χ3v) is 5.91. The average molecular weight is 434 g/mol. The number of aromatic nitrogens is 1. The van der Waals surface area contributed by atoms with Gasteiger partial charge in [-0.3, -0.25) is 14.9 Å². The minimum absolute atomic E-state index is 0.114. The normalized spacial score (nSPS) is 10.8. The summed E-state index contributed by atoms with van der Waals surface area (Å²) in [7, 11) is 0. The van der Waals surface area contributed by atoms with Gasteiger partial charge in [-0.2, -0.15) is 0 Å². The number of furan rings is 1. The fourth-order valence-electron chi connectivity index (χ4n) is 2.41. The van der Waals surface area contributed by atoms with Gasteiger partial charge in [0.25, 0.3) is 11.6 Å². The molecule has 8 nitrogen and oxygen atoms in total. The van der Waals surface area contributed by atoms with Crippen LogP contribution in [0, 0.1) is 17.0 Å². The fourth-order valence-corrected chi connectivity index (χ4v) is 4.29. The highest BCUT2D eigenvalue weighted by atomic mass is 32.2. The maximum absolute atomic E-state index is 12.3. The molecule has 152 valence electrons. The second-order valence-electron chi connectivity index (χ2n) is 6.04. The first-order valence-corrected chi connectivity index (χ1v) is 10.5. The molecule has 0 aliphatic rings. The number of amides is 1. The van der Waals surface area contributed by atoms with Crippen LogP contribution in [0.1, 0.15) is 28.2 Å². The van der Waals surface area contributed by atoms with Crippen LogP contribution >= 0.6 is 23.1 Å². The number of nitro groups is 1. The van der Waals surface area contributed by atoms with E-state index in [1.165, 1.54) is 29.2 Å². The van der Waals surface area contributed by atoms with Crippen LogP contribution in [0.2, 0.25) is 0 Å². The zero-order chi connectivity index (χ0) is 20.6. The monoisotopic (exact) mass is 433 g/mol. The van der Waals surface area contributed by atoms with Crippen molar-refractivity contribution < 1.29 is 18.9 Å². The molecule has 0 spiro atoms. The topological polar surface area (TPSA) is 108 Å². The molecule has 1 aromatic carbocycles. The molecule has 1 N–H and O–H groups in total. The van der Waals surface area contributed by atoms with Crippen molar-refractivity contribution >= 4 is 34.7 Å². The van der Waals surface area contributed by atoms with Gasteiger partial charge in [-0.15, -0.1) is 11.3 Å². The summed E-state index contributed by atoms with van der Waals surface area (Å²) in [5.74, 6) is 0.382. The first-order valence-electron chi connectivity index (χ1n) is 8.79. The minimum Gasteiger partial charge on any atom is -0.467 e. The van der Waals surface area contributed by atoms with Crippen molar-refractivity contribution in [3.05, 3.63) is 69.1 Å². The maximum Gasteiger partial charge on any atom is 0.284 e. The molecular weight excluding hydrogens is 414 g/mol. The number of rotatable bonds is 10. The van der Waals surface area contributed by atoms with E-state index in [0.29, 0.717) is 31.1 Å². The van der Waals surface area contributed by atoms with E-state index in [-0.39, 0.29) is 17.2 Å². The van der Waals surface area contributed by atoms with Gasteiger partial charge in [-0.1, -0.05) is 11.8 Å². The number of thiazole rings is 1. The zero-order valence-electron chi connectivity index (χ0n) is 15.6. The Bertz CT molecular complexity index is 972. The quantitative estimate of drug-likeness (QED) is 0.286. The molecule has 0 radical (unpaired) electrons. The summed E-state index contributed by atoms with van der Waals surface area (Å²) >= 11 is 2.64. The summed E-state index contributed by atoms with van der Waals surface area (Å²) in [6, 6.07) is 8.08. The number of nitro benzene ring substituents is 1. The zero-order valence-corrected chi connectivity index (χ0v) is 17.3. The van der Waals surface area contributed by atoms with Gasteiger partial charge in [0.15, 0.2) is 4.34 Å². The smallest absolute Gasteiger partial charge is 0.284 e. The average Bonchev–Trinajstić information content (AvgIpc) is 3.36. The van der Waals surface area contributed by atoms with Crippen molar-refractivity contribution in [3.8, 4) is 0 Å². The van der Waals surface area contributed by atoms with Crippen molar-refractivity contribution in [1.29, 1.82) is 0 Å². The molecule has 2 aromatic heterocycles. The second kappa shape index (κ2) is 10.2. The van der Waals surface area contributed by atoms with Crippen LogP contribution in [0.15, 0.2) is 55.6 Å². The first-order chi connectivity index (χ1) is 14.0. The lowest BCUT2D eigenvalue weighted by molar-refractivity contribution is -0.387. The van der Waals surface area contributed by atoms with E-state index in [0.717, 1.165) is 15.8 Å². The van der Waals surface area contributed by atoms with Gasteiger partial charge in [-0.05, 0) is 37.6 Å². The van der Waals surface area contributed by atoms with Crippen LogP contribution in [0.25, 0.3) is 0 Å². The Balaban J connectivity index is 1.51. The number of carbonyl (C=O) groups is 1. The van der Waals surface area contributed by atoms with Gasteiger partial charge < -0.3 is 14.5 Å². The molecule has 3 rings (SSSR count). The van der Waals surface area contributed by atoms with E-state index in [1.54, 1.807) is 24.5 Å². The van der Waals surface area contributed by atoms with Crippen LogP contribution in [0.5, 0.6) is 0 Å². The highest BCUT2D eigenvalue weighted by molar-refractivity contribution is 8.01. The van der Waals surface area contributed by atoms with Crippen LogP contribution in [0.4, 0.5) is 5.69 Å². The van der Waals surface area contributed by atoms with Crippen molar-refractivity contribution in [2.75, 3.05) is 13.2 Å². The highest BCUT2D eigenvalue weighted by Crippen LogP contribution is 2.36. The molecule has 1 amide bonds.